The van der Waals surface area contributed by atoms with Crippen LogP contribution in [0.4, 0.5) is 0 Å². The van der Waals surface area contributed by atoms with Crippen LogP contribution in [0.2, 0.25) is 0 Å². The summed E-state index contributed by atoms with van der Waals surface area (Å²) < 4.78 is 27.6. The summed E-state index contributed by atoms with van der Waals surface area (Å²) in [6.45, 7) is 0.878. The van der Waals surface area contributed by atoms with Crippen molar-refractivity contribution in [2.24, 2.45) is 11.8 Å². The van der Waals surface area contributed by atoms with E-state index in [1.807, 2.05) is 31.1 Å². The zero-order valence-corrected chi connectivity index (χ0v) is 20.7. The molecule has 1 saturated heterocycles. The van der Waals surface area contributed by atoms with Gasteiger partial charge in [-0.3, -0.25) is 9.59 Å². The largest absolute Gasteiger partial charge is 0.502 e. The molecule has 5 rings (SSSR count). The van der Waals surface area contributed by atoms with E-state index in [9.17, 15) is 14.7 Å². The molecule has 0 radical (unpaired) electrons. The molecule has 1 aliphatic carbocycles. The number of hydrogen-bond acceptors (Lipinski definition) is 9. The molecule has 10 nitrogen and oxygen atoms in total. The fourth-order valence-corrected chi connectivity index (χ4v) is 5.41. The number of hydrogen-bond donors (Lipinski definition) is 2. The summed E-state index contributed by atoms with van der Waals surface area (Å²) in [6.07, 6.45) is 0.325. The number of methoxy groups -OCH3 is 2. The standard InChI is InChI=1S/C26H30N2O8/c1-28(2)6-5-21(29)27-24-15-10-18-17(35-12-36-18)9-14(15)22(23-16(24)11-34-26(23)31)13-7-19(32-3)25(30)20(8-13)33-4/h7-10,16,22-24,30H,5-6,11-12H2,1-4H3,(H,27,29). The van der Waals surface area contributed by atoms with Gasteiger partial charge in [-0.15, -0.1) is 0 Å². The molecule has 1 fully saturated rings. The summed E-state index contributed by atoms with van der Waals surface area (Å²) in [5, 5.41) is 13.6. The Labute approximate surface area is 209 Å². The quantitative estimate of drug-likeness (QED) is 0.554. The second kappa shape index (κ2) is 9.42. The highest BCUT2D eigenvalue weighted by atomic mass is 16.7. The van der Waals surface area contributed by atoms with Crippen LogP contribution in [0.3, 0.4) is 0 Å². The minimum Gasteiger partial charge on any atom is -0.502 e. The number of nitrogens with one attached hydrogen (secondary N) is 1. The van der Waals surface area contributed by atoms with E-state index >= 15 is 0 Å². The lowest BCUT2D eigenvalue weighted by Crippen LogP contribution is -2.43. The molecule has 2 heterocycles. The van der Waals surface area contributed by atoms with Gasteiger partial charge in [-0.1, -0.05) is 0 Å². The summed E-state index contributed by atoms with van der Waals surface area (Å²) in [4.78, 5) is 28.0. The monoisotopic (exact) mass is 498 g/mol. The third-order valence-electron chi connectivity index (χ3n) is 7.15. The molecule has 2 aromatic rings. The van der Waals surface area contributed by atoms with Gasteiger partial charge in [-0.2, -0.15) is 0 Å². The first kappa shape index (κ1) is 24.1. The molecule has 1 amide bonds. The highest BCUT2D eigenvalue weighted by molar-refractivity contribution is 5.81. The van der Waals surface area contributed by atoms with Crippen LogP contribution in [0.25, 0.3) is 0 Å². The zero-order chi connectivity index (χ0) is 25.6. The van der Waals surface area contributed by atoms with Gasteiger partial charge < -0.3 is 39.0 Å². The van der Waals surface area contributed by atoms with Crippen molar-refractivity contribution in [2.45, 2.75) is 18.4 Å². The number of ether oxygens (including phenoxy) is 5. The molecule has 0 aromatic heterocycles. The number of benzene rings is 2. The number of esters is 1. The molecule has 2 aromatic carbocycles. The van der Waals surface area contributed by atoms with Crippen molar-refractivity contribution >= 4 is 11.9 Å². The number of cyclic esters (lactones) is 1. The maximum atomic E-state index is 13.1. The molecule has 192 valence electrons. The van der Waals surface area contributed by atoms with E-state index in [1.54, 1.807) is 12.1 Å². The molecular weight excluding hydrogens is 468 g/mol. The third kappa shape index (κ3) is 4.05. The van der Waals surface area contributed by atoms with Crippen LogP contribution in [0.5, 0.6) is 28.7 Å². The van der Waals surface area contributed by atoms with Gasteiger partial charge in [0.2, 0.25) is 18.4 Å². The van der Waals surface area contributed by atoms with E-state index < -0.39 is 17.9 Å². The van der Waals surface area contributed by atoms with E-state index in [0.717, 1.165) is 11.1 Å². The van der Waals surface area contributed by atoms with Gasteiger partial charge in [0.15, 0.2) is 23.0 Å². The van der Waals surface area contributed by atoms with Crippen LogP contribution in [0, 0.1) is 11.8 Å². The Morgan fingerprint density at radius 3 is 2.31 bits per heavy atom. The summed E-state index contributed by atoms with van der Waals surface area (Å²) >= 11 is 0. The van der Waals surface area contributed by atoms with E-state index in [1.165, 1.54) is 14.2 Å². The molecule has 4 atom stereocenters. The third-order valence-corrected chi connectivity index (χ3v) is 7.15. The van der Waals surface area contributed by atoms with Crippen molar-refractivity contribution in [2.75, 3.05) is 48.3 Å². The van der Waals surface area contributed by atoms with Crippen molar-refractivity contribution < 1.29 is 38.4 Å². The predicted octanol–water partition coefficient (Wildman–Crippen LogP) is 2.18. The summed E-state index contributed by atoms with van der Waals surface area (Å²) in [5.74, 6) is -0.282. The Morgan fingerprint density at radius 2 is 1.69 bits per heavy atom. The van der Waals surface area contributed by atoms with Crippen molar-refractivity contribution in [1.82, 2.24) is 10.2 Å². The molecule has 0 saturated carbocycles. The van der Waals surface area contributed by atoms with Crippen LogP contribution < -0.4 is 24.3 Å². The fraction of sp³-hybridized carbons (Fsp3) is 0.462. The fourth-order valence-electron chi connectivity index (χ4n) is 5.41. The van der Waals surface area contributed by atoms with Crippen molar-refractivity contribution in [1.29, 1.82) is 0 Å². The van der Waals surface area contributed by atoms with Crippen LogP contribution in [0.15, 0.2) is 24.3 Å². The Kier molecular flexibility index (Phi) is 6.29. The maximum absolute atomic E-state index is 13.1. The van der Waals surface area contributed by atoms with Crippen molar-refractivity contribution in [3.8, 4) is 28.7 Å². The van der Waals surface area contributed by atoms with Gasteiger partial charge in [0, 0.05) is 24.8 Å². The normalized spacial score (nSPS) is 23.6. The van der Waals surface area contributed by atoms with E-state index in [4.69, 9.17) is 23.7 Å². The van der Waals surface area contributed by atoms with E-state index in [-0.39, 0.29) is 48.4 Å². The number of fused-ring (bicyclic) bond motifs is 3. The molecule has 2 N–H and O–H groups in total. The highest BCUT2D eigenvalue weighted by Gasteiger charge is 2.53. The molecule has 36 heavy (non-hydrogen) atoms. The number of nitrogens with zero attached hydrogens (tertiary/aromatic N) is 1. The molecular formula is C26H30N2O8. The van der Waals surface area contributed by atoms with Gasteiger partial charge >= 0.3 is 5.97 Å². The number of phenols is 1. The number of rotatable bonds is 7. The lowest BCUT2D eigenvalue weighted by atomic mass is 9.65. The molecule has 2 aliphatic heterocycles. The van der Waals surface area contributed by atoms with Gasteiger partial charge in [-0.25, -0.2) is 0 Å². The molecule has 3 aliphatic rings. The Hall–Kier alpha value is -3.66. The minimum atomic E-state index is -0.573. The number of aromatic hydroxyl groups is 1. The van der Waals surface area contributed by atoms with Crippen LogP contribution in [-0.4, -0.2) is 70.1 Å². The van der Waals surface area contributed by atoms with Crippen LogP contribution in [-0.2, 0) is 14.3 Å². The average molecular weight is 499 g/mol. The number of phenolic OH excluding ortho intramolecular Hbond substituents is 1. The first-order chi connectivity index (χ1) is 17.3. The number of amides is 1. The topological polar surface area (TPSA) is 116 Å². The summed E-state index contributed by atoms with van der Waals surface area (Å²) in [7, 11) is 6.73. The number of carbonyl (C=O) groups is 2. The van der Waals surface area contributed by atoms with E-state index in [2.05, 4.69) is 5.32 Å². The second-order valence-electron chi connectivity index (χ2n) is 9.50. The lowest BCUT2D eigenvalue weighted by molar-refractivity contribution is -0.141. The summed E-state index contributed by atoms with van der Waals surface area (Å²) in [5.41, 5.74) is 2.37. The van der Waals surface area contributed by atoms with Crippen molar-refractivity contribution in [3.63, 3.8) is 0 Å². The highest BCUT2D eigenvalue weighted by Crippen LogP contribution is 2.55. The maximum Gasteiger partial charge on any atom is 0.310 e. The van der Waals surface area contributed by atoms with Crippen molar-refractivity contribution in [3.05, 3.63) is 41.0 Å². The van der Waals surface area contributed by atoms with Gasteiger partial charge in [0.05, 0.1) is 32.8 Å². The smallest absolute Gasteiger partial charge is 0.310 e. The van der Waals surface area contributed by atoms with Crippen LogP contribution >= 0.6 is 0 Å². The Bertz CT molecular complexity index is 1170. The van der Waals surface area contributed by atoms with Gasteiger partial charge in [0.1, 0.15) is 0 Å². The molecule has 4 unspecified atom stereocenters. The van der Waals surface area contributed by atoms with Gasteiger partial charge in [0.25, 0.3) is 0 Å². The van der Waals surface area contributed by atoms with Crippen LogP contribution in [0.1, 0.15) is 35.1 Å². The first-order valence-corrected chi connectivity index (χ1v) is 11.8. The molecule has 0 bridgehead atoms. The van der Waals surface area contributed by atoms with Gasteiger partial charge in [-0.05, 0) is 55.1 Å². The Balaban J connectivity index is 1.65. The minimum absolute atomic E-state index is 0.0957. The lowest BCUT2D eigenvalue weighted by Gasteiger charge is -2.39. The molecule has 0 spiro atoms. The molecule has 10 heteroatoms. The zero-order valence-electron chi connectivity index (χ0n) is 20.7. The Morgan fingerprint density at radius 1 is 1.06 bits per heavy atom. The summed E-state index contributed by atoms with van der Waals surface area (Å²) in [6, 6.07) is 6.72. The van der Waals surface area contributed by atoms with E-state index in [0.29, 0.717) is 30.0 Å². The first-order valence-electron chi connectivity index (χ1n) is 11.8. The second-order valence-corrected chi connectivity index (χ2v) is 9.50. The average Bonchev–Trinajstić information content (AvgIpc) is 3.48. The SMILES string of the molecule is COc1cc(C2c3cc4c(cc3C(NC(=O)CCN(C)C)C3COC(=O)C23)OCO4)cc(OC)c1O. The number of carbonyl (C=O) groups excluding carboxylic acids is 2. The predicted molar refractivity (Wildman–Crippen MR) is 128 cm³/mol.